The number of fused-ring (bicyclic) bond motifs is 2. The van der Waals surface area contributed by atoms with Gasteiger partial charge in [0.25, 0.3) is 0 Å². The number of hydrogen-bond donors (Lipinski definition) is 2. The van der Waals surface area contributed by atoms with Gasteiger partial charge in [0.2, 0.25) is 0 Å². The lowest BCUT2D eigenvalue weighted by molar-refractivity contribution is 0.135. The maximum absolute atomic E-state index is 6.37. The zero-order chi connectivity index (χ0) is 16.6. The second kappa shape index (κ2) is 6.52. The molecular formula is C18H26ClN5. The molecule has 2 aromatic heterocycles. The van der Waals surface area contributed by atoms with Crippen LogP contribution in [0.4, 0.5) is 0 Å². The van der Waals surface area contributed by atoms with Crippen molar-refractivity contribution in [1.82, 2.24) is 25.1 Å². The van der Waals surface area contributed by atoms with Gasteiger partial charge in [-0.1, -0.05) is 24.9 Å². The van der Waals surface area contributed by atoms with Crippen LogP contribution in [0.2, 0.25) is 5.15 Å². The number of imidazole rings is 1. The predicted molar refractivity (Wildman–Crippen MR) is 95.3 cm³/mol. The third kappa shape index (κ3) is 2.88. The number of unbranched alkanes of at least 4 members (excludes halogenated alkanes) is 1. The molecule has 0 bridgehead atoms. The van der Waals surface area contributed by atoms with E-state index in [-0.39, 0.29) is 5.41 Å². The standard InChI is InChI=1S/C18H26ClN5/c1-2-3-5-15-21-14(17(19)22-15)11-24-9-4-7-18(12-24)8-6-13-10-20-23-16(13)18/h10H,2-9,11-12H2,1H3,(H,20,23)(H,21,22). The van der Waals surface area contributed by atoms with E-state index < -0.39 is 0 Å². The normalized spacial score (nSPS) is 23.9. The Bertz CT molecular complexity index is 706. The molecule has 1 aliphatic heterocycles. The molecule has 1 unspecified atom stereocenters. The molecule has 5 nitrogen and oxygen atoms in total. The Morgan fingerprint density at radius 2 is 2.29 bits per heavy atom. The van der Waals surface area contributed by atoms with Crippen LogP contribution in [0.5, 0.6) is 0 Å². The lowest BCUT2D eigenvalue weighted by Gasteiger charge is -2.40. The number of hydrogen-bond acceptors (Lipinski definition) is 3. The molecule has 1 atom stereocenters. The molecule has 4 rings (SSSR count). The number of nitrogens with one attached hydrogen (secondary N) is 2. The monoisotopic (exact) mass is 347 g/mol. The fourth-order valence-corrected chi connectivity index (χ4v) is 4.67. The summed E-state index contributed by atoms with van der Waals surface area (Å²) in [5.74, 6) is 1.03. The SMILES string of the molecule is CCCCc1nc(Cl)c(CN2CCCC3(CCc4cn[nH]c43)C2)[nH]1. The highest BCUT2D eigenvalue weighted by Gasteiger charge is 2.43. The molecule has 6 heteroatoms. The Morgan fingerprint density at radius 1 is 1.38 bits per heavy atom. The number of H-pyrrole nitrogens is 2. The van der Waals surface area contributed by atoms with Crippen LogP contribution >= 0.6 is 11.6 Å². The minimum Gasteiger partial charge on any atom is -0.344 e. The molecule has 0 radical (unpaired) electrons. The lowest BCUT2D eigenvalue weighted by atomic mass is 9.77. The van der Waals surface area contributed by atoms with E-state index in [1.165, 1.54) is 36.9 Å². The number of aromatic amines is 2. The molecule has 1 fully saturated rings. The van der Waals surface area contributed by atoms with Gasteiger partial charge in [-0.25, -0.2) is 4.98 Å². The first-order valence-electron chi connectivity index (χ1n) is 9.18. The zero-order valence-corrected chi connectivity index (χ0v) is 15.1. The molecule has 2 aliphatic rings. The Hall–Kier alpha value is -1.33. The summed E-state index contributed by atoms with van der Waals surface area (Å²) in [5.41, 5.74) is 4.13. The fraction of sp³-hybridized carbons (Fsp3) is 0.667. The number of rotatable bonds is 5. The molecule has 1 spiro atoms. The van der Waals surface area contributed by atoms with Crippen molar-refractivity contribution in [1.29, 1.82) is 0 Å². The maximum Gasteiger partial charge on any atom is 0.151 e. The maximum atomic E-state index is 6.37. The summed E-state index contributed by atoms with van der Waals surface area (Å²) in [6.07, 6.45) is 10.2. The minimum atomic E-state index is 0.265. The number of aryl methyl sites for hydroxylation is 2. The molecule has 3 heterocycles. The highest BCUT2D eigenvalue weighted by atomic mass is 35.5. The van der Waals surface area contributed by atoms with Gasteiger partial charge in [0.05, 0.1) is 11.9 Å². The van der Waals surface area contributed by atoms with Crippen LogP contribution in [0.1, 0.15) is 61.8 Å². The number of likely N-dealkylation sites (tertiary alicyclic amines) is 1. The average molecular weight is 348 g/mol. The van der Waals surface area contributed by atoms with Crippen molar-refractivity contribution < 1.29 is 0 Å². The van der Waals surface area contributed by atoms with Crippen LogP contribution in [0.25, 0.3) is 0 Å². The summed E-state index contributed by atoms with van der Waals surface area (Å²) >= 11 is 6.37. The Labute approximate surface area is 148 Å². The molecule has 130 valence electrons. The molecule has 1 aliphatic carbocycles. The number of aromatic nitrogens is 4. The van der Waals surface area contributed by atoms with Crippen molar-refractivity contribution >= 4 is 11.6 Å². The predicted octanol–water partition coefficient (Wildman–Crippen LogP) is 3.61. The van der Waals surface area contributed by atoms with E-state index in [2.05, 4.69) is 32.0 Å². The minimum absolute atomic E-state index is 0.265. The third-order valence-corrected chi connectivity index (χ3v) is 6.02. The summed E-state index contributed by atoms with van der Waals surface area (Å²) in [5, 5.41) is 8.19. The van der Waals surface area contributed by atoms with E-state index >= 15 is 0 Å². The van der Waals surface area contributed by atoms with Gasteiger partial charge in [-0.3, -0.25) is 10.00 Å². The second-order valence-electron chi connectivity index (χ2n) is 7.42. The van der Waals surface area contributed by atoms with Crippen LogP contribution in [-0.4, -0.2) is 38.2 Å². The Balaban J connectivity index is 1.47. The van der Waals surface area contributed by atoms with Crippen molar-refractivity contribution in [2.75, 3.05) is 13.1 Å². The number of piperidine rings is 1. The van der Waals surface area contributed by atoms with E-state index in [0.29, 0.717) is 5.15 Å². The first-order valence-corrected chi connectivity index (χ1v) is 9.56. The van der Waals surface area contributed by atoms with Crippen molar-refractivity contribution in [3.05, 3.63) is 34.1 Å². The highest BCUT2D eigenvalue weighted by molar-refractivity contribution is 6.30. The largest absolute Gasteiger partial charge is 0.344 e. The van der Waals surface area contributed by atoms with E-state index in [1.54, 1.807) is 0 Å². The molecule has 0 amide bonds. The van der Waals surface area contributed by atoms with Gasteiger partial charge in [-0.05, 0) is 44.2 Å². The molecule has 0 saturated carbocycles. The van der Waals surface area contributed by atoms with Crippen molar-refractivity contribution in [2.24, 2.45) is 0 Å². The van der Waals surface area contributed by atoms with Gasteiger partial charge in [-0.15, -0.1) is 0 Å². The Morgan fingerprint density at radius 3 is 3.17 bits per heavy atom. The summed E-state index contributed by atoms with van der Waals surface area (Å²) in [7, 11) is 0. The highest BCUT2D eigenvalue weighted by Crippen LogP contribution is 2.44. The van der Waals surface area contributed by atoms with E-state index in [0.717, 1.165) is 50.4 Å². The van der Waals surface area contributed by atoms with Gasteiger partial charge < -0.3 is 4.98 Å². The van der Waals surface area contributed by atoms with Gasteiger partial charge in [0, 0.05) is 30.6 Å². The third-order valence-electron chi connectivity index (χ3n) is 5.70. The summed E-state index contributed by atoms with van der Waals surface area (Å²) < 4.78 is 0. The summed E-state index contributed by atoms with van der Waals surface area (Å²) in [4.78, 5) is 10.5. The first kappa shape index (κ1) is 16.2. The van der Waals surface area contributed by atoms with E-state index in [9.17, 15) is 0 Å². The molecular weight excluding hydrogens is 322 g/mol. The summed E-state index contributed by atoms with van der Waals surface area (Å²) in [6.45, 7) is 5.28. The van der Waals surface area contributed by atoms with Gasteiger partial charge in [0.15, 0.2) is 5.15 Å². The number of nitrogens with zero attached hydrogens (tertiary/aromatic N) is 3. The Kier molecular flexibility index (Phi) is 4.39. The van der Waals surface area contributed by atoms with Gasteiger partial charge >= 0.3 is 0 Å². The van der Waals surface area contributed by atoms with Crippen LogP contribution in [0.15, 0.2) is 6.20 Å². The van der Waals surface area contributed by atoms with Crippen LogP contribution < -0.4 is 0 Å². The van der Waals surface area contributed by atoms with Crippen LogP contribution in [0.3, 0.4) is 0 Å². The van der Waals surface area contributed by atoms with Gasteiger partial charge in [0.1, 0.15) is 5.82 Å². The summed E-state index contributed by atoms with van der Waals surface area (Å²) in [6, 6.07) is 0. The van der Waals surface area contributed by atoms with Gasteiger partial charge in [-0.2, -0.15) is 5.10 Å². The molecule has 2 N–H and O–H groups in total. The van der Waals surface area contributed by atoms with Crippen molar-refractivity contribution in [2.45, 2.75) is 63.8 Å². The van der Waals surface area contributed by atoms with E-state index in [1.807, 2.05) is 6.20 Å². The quantitative estimate of drug-likeness (QED) is 0.868. The lowest BCUT2D eigenvalue weighted by Crippen LogP contribution is -2.44. The number of halogens is 1. The van der Waals surface area contributed by atoms with Crippen LogP contribution in [0, 0.1) is 0 Å². The smallest absolute Gasteiger partial charge is 0.151 e. The van der Waals surface area contributed by atoms with Crippen LogP contribution in [-0.2, 0) is 24.8 Å². The molecule has 0 aromatic carbocycles. The average Bonchev–Trinajstić information content (AvgIpc) is 3.25. The first-order chi connectivity index (χ1) is 11.7. The molecule has 2 aromatic rings. The van der Waals surface area contributed by atoms with E-state index in [4.69, 9.17) is 11.6 Å². The second-order valence-corrected chi connectivity index (χ2v) is 7.78. The van der Waals surface area contributed by atoms with Crippen molar-refractivity contribution in [3.8, 4) is 0 Å². The molecule has 24 heavy (non-hydrogen) atoms. The molecule has 1 saturated heterocycles. The fourth-order valence-electron chi connectivity index (χ4n) is 4.46. The topological polar surface area (TPSA) is 60.6 Å². The zero-order valence-electron chi connectivity index (χ0n) is 14.4. The van der Waals surface area contributed by atoms with Crippen molar-refractivity contribution in [3.63, 3.8) is 0 Å².